The Kier molecular flexibility index (Phi) is 2.88. The molecule has 2 nitrogen and oxygen atoms in total. The largest absolute Gasteiger partial charge is 0.248 e. The lowest BCUT2D eigenvalue weighted by Gasteiger charge is -2.21. The Bertz CT molecular complexity index is 328. The first kappa shape index (κ1) is 10.4. The molecule has 0 bridgehead atoms. The summed E-state index contributed by atoms with van der Waals surface area (Å²) in [7, 11) is -1.39. The molecule has 1 atom stereocenters. The summed E-state index contributed by atoms with van der Waals surface area (Å²) in [4.78, 5) is 0.731. The monoisotopic (exact) mass is 197 g/mol. The van der Waals surface area contributed by atoms with Crippen LogP contribution in [0.1, 0.15) is 26.3 Å². The van der Waals surface area contributed by atoms with Crippen molar-refractivity contribution in [2.45, 2.75) is 31.1 Å². The maximum atomic E-state index is 11.2. The Balaban J connectivity index is 3.28. The standard InChI is InChI=1S/C10H15NOS/c1-10(2,3)8-6-4-5-7-9(8)13(11)12/h4-7H,11H2,1-3H3. The van der Waals surface area contributed by atoms with Crippen molar-refractivity contribution in [1.29, 1.82) is 0 Å². The number of benzene rings is 1. The van der Waals surface area contributed by atoms with Gasteiger partial charge < -0.3 is 0 Å². The number of nitrogens with two attached hydrogens (primary N) is 1. The predicted octanol–water partition coefficient (Wildman–Crippen LogP) is 1.97. The highest BCUT2D eigenvalue weighted by Gasteiger charge is 2.18. The first-order valence-electron chi connectivity index (χ1n) is 4.18. The first-order chi connectivity index (χ1) is 5.93. The summed E-state index contributed by atoms with van der Waals surface area (Å²) in [6.07, 6.45) is 0. The highest BCUT2D eigenvalue weighted by molar-refractivity contribution is 7.82. The van der Waals surface area contributed by atoms with E-state index in [4.69, 9.17) is 5.14 Å². The maximum absolute atomic E-state index is 11.2. The SMILES string of the molecule is CC(C)(C)c1ccccc1S(N)=O. The van der Waals surface area contributed by atoms with E-state index in [0.29, 0.717) is 0 Å². The Labute approximate surface area is 81.7 Å². The summed E-state index contributed by atoms with van der Waals surface area (Å²) >= 11 is 0. The summed E-state index contributed by atoms with van der Waals surface area (Å²) in [5.41, 5.74) is 1.04. The van der Waals surface area contributed by atoms with Gasteiger partial charge in [-0.1, -0.05) is 39.0 Å². The van der Waals surface area contributed by atoms with Gasteiger partial charge in [0.25, 0.3) is 0 Å². The molecule has 1 unspecified atom stereocenters. The Morgan fingerprint density at radius 3 is 2.15 bits per heavy atom. The van der Waals surface area contributed by atoms with Gasteiger partial charge in [0.15, 0.2) is 0 Å². The minimum atomic E-state index is -1.39. The molecular weight excluding hydrogens is 182 g/mol. The smallest absolute Gasteiger partial charge is 0.122 e. The van der Waals surface area contributed by atoms with Crippen LogP contribution in [0.15, 0.2) is 29.2 Å². The van der Waals surface area contributed by atoms with E-state index in [1.165, 1.54) is 0 Å². The van der Waals surface area contributed by atoms with E-state index in [0.717, 1.165) is 10.5 Å². The molecule has 1 rings (SSSR count). The molecule has 0 aliphatic rings. The van der Waals surface area contributed by atoms with Gasteiger partial charge in [-0.3, -0.25) is 0 Å². The van der Waals surface area contributed by atoms with Gasteiger partial charge in [-0.2, -0.15) is 0 Å². The van der Waals surface area contributed by atoms with Crippen molar-refractivity contribution < 1.29 is 4.21 Å². The number of rotatable bonds is 1. The minimum Gasteiger partial charge on any atom is -0.248 e. The molecule has 0 fully saturated rings. The summed E-state index contributed by atoms with van der Waals surface area (Å²) in [5.74, 6) is 0. The van der Waals surface area contributed by atoms with Crippen LogP contribution in [0.2, 0.25) is 0 Å². The van der Waals surface area contributed by atoms with Gasteiger partial charge in [0, 0.05) is 0 Å². The molecule has 1 aromatic carbocycles. The summed E-state index contributed by atoms with van der Waals surface area (Å²) in [5, 5.41) is 5.38. The summed E-state index contributed by atoms with van der Waals surface area (Å²) in [6.45, 7) is 6.25. The van der Waals surface area contributed by atoms with Crippen LogP contribution < -0.4 is 5.14 Å². The molecule has 0 radical (unpaired) electrons. The van der Waals surface area contributed by atoms with Gasteiger partial charge in [-0.25, -0.2) is 9.35 Å². The van der Waals surface area contributed by atoms with Crippen LogP contribution in [-0.2, 0) is 16.4 Å². The van der Waals surface area contributed by atoms with Crippen molar-refractivity contribution in [3.63, 3.8) is 0 Å². The molecule has 72 valence electrons. The van der Waals surface area contributed by atoms with Crippen molar-refractivity contribution in [2.24, 2.45) is 5.14 Å². The van der Waals surface area contributed by atoms with Gasteiger partial charge in [0.2, 0.25) is 0 Å². The Morgan fingerprint density at radius 1 is 1.23 bits per heavy atom. The van der Waals surface area contributed by atoms with E-state index >= 15 is 0 Å². The molecule has 0 spiro atoms. The maximum Gasteiger partial charge on any atom is 0.122 e. The molecular formula is C10H15NOS. The van der Waals surface area contributed by atoms with Crippen molar-refractivity contribution in [3.8, 4) is 0 Å². The van der Waals surface area contributed by atoms with E-state index in [1.807, 2.05) is 24.3 Å². The van der Waals surface area contributed by atoms with Gasteiger partial charge in [0.1, 0.15) is 11.0 Å². The van der Waals surface area contributed by atoms with E-state index in [-0.39, 0.29) is 5.41 Å². The molecule has 0 saturated heterocycles. The fourth-order valence-corrected chi connectivity index (χ4v) is 2.07. The van der Waals surface area contributed by atoms with Gasteiger partial charge in [0.05, 0.1) is 4.90 Å². The molecule has 0 amide bonds. The third kappa shape index (κ3) is 2.39. The normalized spacial score (nSPS) is 14.2. The van der Waals surface area contributed by atoms with E-state index < -0.39 is 11.0 Å². The second-order valence-electron chi connectivity index (χ2n) is 4.04. The average molecular weight is 197 g/mol. The Morgan fingerprint density at radius 2 is 1.77 bits per heavy atom. The lowest BCUT2D eigenvalue weighted by molar-refractivity contribution is 0.575. The summed E-state index contributed by atoms with van der Waals surface area (Å²) in [6, 6.07) is 7.59. The highest BCUT2D eigenvalue weighted by Crippen LogP contribution is 2.26. The van der Waals surface area contributed by atoms with Crippen molar-refractivity contribution >= 4 is 11.0 Å². The lowest BCUT2D eigenvalue weighted by atomic mass is 9.87. The zero-order chi connectivity index (χ0) is 10.1. The van der Waals surface area contributed by atoms with E-state index in [1.54, 1.807) is 0 Å². The number of hydrogen-bond donors (Lipinski definition) is 1. The Hall–Kier alpha value is -0.670. The van der Waals surface area contributed by atoms with Crippen LogP contribution >= 0.6 is 0 Å². The van der Waals surface area contributed by atoms with Crippen LogP contribution in [0.25, 0.3) is 0 Å². The molecule has 0 aromatic heterocycles. The summed E-state index contributed by atoms with van der Waals surface area (Å²) < 4.78 is 11.2. The van der Waals surface area contributed by atoms with Gasteiger partial charge >= 0.3 is 0 Å². The highest BCUT2D eigenvalue weighted by atomic mass is 32.2. The topological polar surface area (TPSA) is 43.1 Å². The predicted molar refractivity (Wildman–Crippen MR) is 55.7 cm³/mol. The van der Waals surface area contributed by atoms with Crippen LogP contribution in [0, 0.1) is 0 Å². The average Bonchev–Trinajstić information content (AvgIpc) is 2.03. The third-order valence-electron chi connectivity index (χ3n) is 1.91. The molecule has 0 heterocycles. The zero-order valence-corrected chi connectivity index (χ0v) is 9.02. The second-order valence-corrected chi connectivity index (χ2v) is 5.08. The van der Waals surface area contributed by atoms with Crippen molar-refractivity contribution in [1.82, 2.24) is 0 Å². The molecule has 0 aliphatic heterocycles. The zero-order valence-electron chi connectivity index (χ0n) is 8.20. The van der Waals surface area contributed by atoms with Gasteiger partial charge in [-0.05, 0) is 17.0 Å². The molecule has 0 aliphatic carbocycles. The third-order valence-corrected chi connectivity index (χ3v) is 2.70. The van der Waals surface area contributed by atoms with Crippen LogP contribution in [0.3, 0.4) is 0 Å². The number of hydrogen-bond acceptors (Lipinski definition) is 1. The van der Waals surface area contributed by atoms with Crippen molar-refractivity contribution in [3.05, 3.63) is 29.8 Å². The fraction of sp³-hybridized carbons (Fsp3) is 0.400. The lowest BCUT2D eigenvalue weighted by Crippen LogP contribution is -2.17. The van der Waals surface area contributed by atoms with Gasteiger partial charge in [-0.15, -0.1) is 0 Å². The molecule has 3 heteroatoms. The van der Waals surface area contributed by atoms with E-state index in [9.17, 15) is 4.21 Å². The van der Waals surface area contributed by atoms with Crippen LogP contribution in [0.5, 0.6) is 0 Å². The van der Waals surface area contributed by atoms with E-state index in [2.05, 4.69) is 20.8 Å². The van der Waals surface area contributed by atoms with Crippen LogP contribution in [0.4, 0.5) is 0 Å². The second kappa shape index (κ2) is 3.60. The quantitative estimate of drug-likeness (QED) is 0.735. The molecule has 13 heavy (non-hydrogen) atoms. The van der Waals surface area contributed by atoms with Crippen LogP contribution in [-0.4, -0.2) is 4.21 Å². The molecule has 2 N–H and O–H groups in total. The van der Waals surface area contributed by atoms with Crippen molar-refractivity contribution in [2.75, 3.05) is 0 Å². The molecule has 0 saturated carbocycles. The first-order valence-corrected chi connectivity index (χ1v) is 5.40. The fourth-order valence-electron chi connectivity index (χ4n) is 1.26. The minimum absolute atomic E-state index is 0.00831. The molecule has 1 aromatic rings.